The number of benzene rings is 2. The molecule has 4 fully saturated rings. The monoisotopic (exact) mass is 1270 g/mol. The van der Waals surface area contributed by atoms with E-state index in [1.165, 1.54) is 32.4 Å². The van der Waals surface area contributed by atoms with Crippen molar-refractivity contribution in [3.8, 4) is 0 Å². The van der Waals surface area contributed by atoms with Crippen LogP contribution in [-0.2, 0) is 59.5 Å². The molecule has 0 saturated carbocycles. The minimum absolute atomic E-state index is 0. The number of hydrogen-bond acceptors (Lipinski definition) is 19. The lowest BCUT2D eigenvalue weighted by Crippen LogP contribution is -2.36. The minimum atomic E-state index is -4.85. The molecule has 4 aliphatic heterocycles. The molecule has 9 rings (SSSR count). The van der Waals surface area contributed by atoms with Crippen LogP contribution >= 0.6 is 46.4 Å². The van der Waals surface area contributed by atoms with Crippen LogP contribution in [0.4, 0.5) is 38.1 Å². The van der Waals surface area contributed by atoms with E-state index in [0.717, 1.165) is 101 Å². The number of nitrogens with two attached hydrogens (primary N) is 4. The largest absolute Gasteiger partial charge is 0.490 e. The highest BCUT2D eigenvalue weighted by Gasteiger charge is 2.40. The van der Waals surface area contributed by atoms with Crippen molar-refractivity contribution in [2.45, 2.75) is 123 Å². The summed E-state index contributed by atoms with van der Waals surface area (Å²) in [7, 11) is 0. The van der Waals surface area contributed by atoms with Crippen LogP contribution in [0.3, 0.4) is 0 Å². The number of carbonyl (C=O) groups excluding carboxylic acids is 2. The maximum absolute atomic E-state index is 11.9. The van der Waals surface area contributed by atoms with Gasteiger partial charge in [-0.25, -0.2) is 34.7 Å². The van der Waals surface area contributed by atoms with Crippen LogP contribution < -0.4 is 38.9 Å². The van der Waals surface area contributed by atoms with Crippen LogP contribution in [0.25, 0.3) is 0 Å². The molecule has 0 unspecified atom stereocenters. The van der Waals surface area contributed by atoms with Gasteiger partial charge in [-0.15, -0.1) is 0 Å². The molecular weight excluding hydrogens is 1200 g/mol. The van der Waals surface area contributed by atoms with Crippen molar-refractivity contribution in [3.05, 3.63) is 128 Å². The Kier molecular flexibility index (Phi) is 41.1. The molecule has 4 saturated heterocycles. The normalized spacial score (nSPS) is 16.4. The zero-order chi connectivity index (χ0) is 61.3. The summed E-state index contributed by atoms with van der Waals surface area (Å²) >= 11 is 22.1. The molecule has 5 aromatic rings. The van der Waals surface area contributed by atoms with Crippen LogP contribution in [-0.4, -0.2) is 132 Å². The number of rotatable bonds is 13. The Labute approximate surface area is 506 Å². The summed E-state index contributed by atoms with van der Waals surface area (Å²) < 4.78 is 93.8. The molecule has 84 heavy (non-hydrogen) atoms. The summed E-state index contributed by atoms with van der Waals surface area (Å²) in [6.45, 7) is 9.27. The number of amides is 1. The maximum atomic E-state index is 11.9. The molecule has 0 radical (unpaired) electrons. The number of nitrogens with one attached hydrogen (secondary N) is 3. The van der Waals surface area contributed by atoms with Gasteiger partial charge in [0, 0.05) is 97.4 Å². The lowest BCUT2D eigenvalue weighted by molar-refractivity contribution is -0.199. The third-order valence-electron chi connectivity index (χ3n) is 10.9. The predicted molar refractivity (Wildman–Crippen MR) is 313 cm³/mol. The van der Waals surface area contributed by atoms with Crippen molar-refractivity contribution in [2.75, 3.05) is 69.9 Å². The van der Waals surface area contributed by atoms with E-state index in [0.29, 0.717) is 60.2 Å². The van der Waals surface area contributed by atoms with Crippen LogP contribution in [0.1, 0.15) is 88.0 Å². The molecule has 7 heterocycles. The zero-order valence-corrected chi connectivity index (χ0v) is 48.8. The maximum Gasteiger partial charge on any atom is 0.490 e. The van der Waals surface area contributed by atoms with Crippen LogP contribution in [0, 0.1) is 0 Å². The predicted octanol–water partition coefficient (Wildman–Crippen LogP) is 9.82. The second-order valence-electron chi connectivity index (χ2n) is 17.4. The summed E-state index contributed by atoms with van der Waals surface area (Å²) in [5.74, 6) is -2.76. The number of esters is 1. The fraction of sp³-hybridized carbons (Fsp3) is 0.519. The molecule has 470 valence electrons. The van der Waals surface area contributed by atoms with Gasteiger partial charge in [-0.2, -0.15) is 26.3 Å². The van der Waals surface area contributed by atoms with E-state index in [1.54, 1.807) is 60.2 Å². The number of anilines is 2. The number of alkyl halides is 6. The Morgan fingerprint density at radius 2 is 1.06 bits per heavy atom. The van der Waals surface area contributed by atoms with E-state index >= 15 is 0 Å². The molecule has 30 heteroatoms. The first-order valence-electron chi connectivity index (χ1n) is 26.3. The molecule has 2 aromatic carbocycles. The topological polar surface area (TPSA) is 298 Å². The first kappa shape index (κ1) is 76.7. The Bertz CT molecular complexity index is 2430. The summed E-state index contributed by atoms with van der Waals surface area (Å²) in [6.07, 6.45) is 5.47. The molecular formula is C54H77Cl4F6N13O7. The Morgan fingerprint density at radius 3 is 1.43 bits per heavy atom. The molecule has 4 aliphatic rings. The van der Waals surface area contributed by atoms with Gasteiger partial charge >= 0.3 is 24.2 Å². The standard InChI is InChI=1S/C10H11F3N2O.2C9H12ClN3O.C8H12N2.C5H11NO.C4H2Cl2N2.C4H5F3O2.C4H8O.CH4/c11-10(12,13)9(16)15-6-8-3-1-2-7(4-8)5-14;10-9-11-4-3-8(13-9)12-6-7-2-1-5-14-7;10-8-3-4-11-9(13-8)12-6-7-2-1-5-14-7;9-5-7-2-1-3-8(4-7)6-10;6-4-5-2-1-3-7-5;5-3-1-2-7-4(6)8-3;1-2-9-3(8)4(5,6)7;1-2-4-5-3-1;/h1-4H,5-6,14H2,(H,15,16);2*3-4,7H,1-2,5-6H2,(H,11,12,13);1-4H,5-6,9-10H2;5H,1-4,6H2;1-2H;2H2,1H3;1-4H2;1H4/t;2*7-;;5-;;;;/m.11.1..../s1. The minimum Gasteiger partial charge on any atom is -0.459 e. The quantitative estimate of drug-likeness (QED) is 0.0250. The number of halogens is 10. The van der Waals surface area contributed by atoms with Gasteiger partial charge in [0.15, 0.2) is 0 Å². The van der Waals surface area contributed by atoms with Crippen molar-refractivity contribution >= 4 is 70.0 Å². The Morgan fingerprint density at radius 1 is 0.595 bits per heavy atom. The summed E-state index contributed by atoms with van der Waals surface area (Å²) in [5, 5.41) is 9.31. The third-order valence-corrected chi connectivity index (χ3v) is 11.7. The fourth-order valence-electron chi connectivity index (χ4n) is 6.79. The number of aromatic nitrogens is 6. The van der Waals surface area contributed by atoms with Gasteiger partial charge in [0.1, 0.15) is 16.1 Å². The van der Waals surface area contributed by atoms with Crippen molar-refractivity contribution in [1.29, 1.82) is 0 Å². The summed E-state index contributed by atoms with van der Waals surface area (Å²) in [6, 6.07) is 19.7. The lowest BCUT2D eigenvalue weighted by Gasteiger charge is -2.10. The van der Waals surface area contributed by atoms with E-state index in [1.807, 2.05) is 24.3 Å². The van der Waals surface area contributed by atoms with Gasteiger partial charge in [0.05, 0.1) is 24.9 Å². The van der Waals surface area contributed by atoms with Crippen LogP contribution in [0.5, 0.6) is 0 Å². The third kappa shape index (κ3) is 37.2. The SMILES string of the molecule is C.C1CCOC1.CCOC(=O)C(F)(F)F.Clc1ccnc(Cl)n1.Clc1ccnc(NC[C@H]2CCCO2)n1.Clc1nccc(NC[C@H]2CCCO2)n1.NC[C@H]1CCCO1.NCc1cccc(CN)c1.NCc1cccc(CNC(=O)C(F)(F)F)c1. The van der Waals surface area contributed by atoms with Gasteiger partial charge in [-0.1, -0.05) is 79.2 Å². The van der Waals surface area contributed by atoms with Crippen LogP contribution in [0.15, 0.2) is 85.3 Å². The number of nitrogens with zero attached hydrogens (tertiary/aromatic N) is 6. The smallest absolute Gasteiger partial charge is 0.459 e. The molecule has 20 nitrogen and oxygen atoms in total. The highest BCUT2D eigenvalue weighted by atomic mass is 35.5. The van der Waals surface area contributed by atoms with E-state index < -0.39 is 24.2 Å². The second kappa shape index (κ2) is 45.0. The van der Waals surface area contributed by atoms with E-state index in [9.17, 15) is 35.9 Å². The van der Waals surface area contributed by atoms with Crippen molar-refractivity contribution < 1.29 is 59.6 Å². The number of ether oxygens (including phenoxy) is 5. The first-order valence-corrected chi connectivity index (χ1v) is 27.8. The second-order valence-corrected chi connectivity index (χ2v) is 18.9. The van der Waals surface area contributed by atoms with Crippen molar-refractivity contribution in [3.63, 3.8) is 0 Å². The van der Waals surface area contributed by atoms with E-state index in [4.69, 9.17) is 88.3 Å². The molecule has 0 spiro atoms. The van der Waals surface area contributed by atoms with E-state index in [-0.39, 0.29) is 37.2 Å². The van der Waals surface area contributed by atoms with E-state index in [2.05, 4.69) is 45.3 Å². The molecule has 1 amide bonds. The average Bonchev–Trinajstić information content (AvgIpc) is 4.38. The summed E-state index contributed by atoms with van der Waals surface area (Å²) in [5.41, 5.74) is 25.2. The van der Waals surface area contributed by atoms with Gasteiger partial charge in [-0.05, 0) is 122 Å². The highest BCUT2D eigenvalue weighted by molar-refractivity contribution is 6.31. The fourth-order valence-corrected chi connectivity index (χ4v) is 7.40. The molecule has 3 atom stereocenters. The molecule has 0 aliphatic carbocycles. The van der Waals surface area contributed by atoms with Crippen molar-refractivity contribution in [1.82, 2.24) is 35.2 Å². The Hall–Kier alpha value is -5.36. The van der Waals surface area contributed by atoms with Gasteiger partial charge in [0.2, 0.25) is 16.5 Å². The number of hydrogen-bond donors (Lipinski definition) is 7. The number of carbonyl (C=O) groups is 2. The molecule has 3 aromatic heterocycles. The Balaban J connectivity index is 0.000000489. The molecule has 0 bridgehead atoms. The van der Waals surface area contributed by atoms with Gasteiger partial charge in [-0.3, -0.25) is 4.79 Å². The average molecular weight is 1280 g/mol. The van der Waals surface area contributed by atoms with Gasteiger partial charge in [0.25, 0.3) is 0 Å². The van der Waals surface area contributed by atoms with Gasteiger partial charge < -0.3 is 62.6 Å². The first-order chi connectivity index (χ1) is 39.7. The lowest BCUT2D eigenvalue weighted by atomic mass is 10.1. The van der Waals surface area contributed by atoms with Crippen molar-refractivity contribution in [2.24, 2.45) is 22.9 Å². The van der Waals surface area contributed by atoms with Crippen LogP contribution in [0.2, 0.25) is 20.9 Å². The summed E-state index contributed by atoms with van der Waals surface area (Å²) in [4.78, 5) is 43.3. The zero-order valence-electron chi connectivity index (χ0n) is 45.8. The molecule has 11 N–H and O–H groups in total. The highest BCUT2D eigenvalue weighted by Crippen LogP contribution is 2.18.